The van der Waals surface area contributed by atoms with Crippen LogP contribution < -0.4 is 11.1 Å². The van der Waals surface area contributed by atoms with E-state index in [-0.39, 0.29) is 12.3 Å². The minimum Gasteiger partial charge on any atom is -0.369 e. The van der Waals surface area contributed by atoms with Gasteiger partial charge in [0, 0.05) is 17.4 Å². The van der Waals surface area contributed by atoms with E-state index in [0.717, 1.165) is 22.4 Å². The number of hydrogen-bond acceptors (Lipinski definition) is 3. The van der Waals surface area contributed by atoms with Crippen LogP contribution in [-0.4, -0.2) is 21.6 Å². The van der Waals surface area contributed by atoms with Crippen molar-refractivity contribution in [2.45, 2.75) is 13.3 Å². The molecule has 0 fully saturated rings. The Morgan fingerprint density at radius 1 is 0.968 bits per heavy atom. The largest absolute Gasteiger partial charge is 0.369 e. The molecular formula is C25H22N4O2. The van der Waals surface area contributed by atoms with Crippen LogP contribution >= 0.6 is 0 Å². The monoisotopic (exact) mass is 410 g/mol. The summed E-state index contributed by atoms with van der Waals surface area (Å²) in [4.78, 5) is 24.2. The molecule has 3 aromatic carbocycles. The molecule has 0 aliphatic carbocycles. The lowest BCUT2D eigenvalue weighted by Gasteiger charge is -2.07. The number of rotatable bonds is 6. The summed E-state index contributed by atoms with van der Waals surface area (Å²) in [5, 5.41) is 7.63. The fourth-order valence-electron chi connectivity index (χ4n) is 3.36. The summed E-state index contributed by atoms with van der Waals surface area (Å²) in [5.74, 6) is -0.658. The Balaban J connectivity index is 1.68. The van der Waals surface area contributed by atoms with Crippen LogP contribution in [0.4, 0.5) is 5.69 Å². The van der Waals surface area contributed by atoms with Gasteiger partial charge in [0.05, 0.1) is 17.7 Å². The molecule has 154 valence electrons. The van der Waals surface area contributed by atoms with E-state index in [4.69, 9.17) is 10.8 Å². The van der Waals surface area contributed by atoms with Crippen molar-refractivity contribution in [1.82, 2.24) is 9.78 Å². The minimum absolute atomic E-state index is 0.162. The Hall–Kier alpha value is -4.19. The Bertz CT molecular complexity index is 1230. The van der Waals surface area contributed by atoms with Gasteiger partial charge in [-0.25, -0.2) is 4.68 Å². The Kier molecular flexibility index (Phi) is 5.62. The molecule has 0 saturated heterocycles. The first kappa shape index (κ1) is 20.1. The van der Waals surface area contributed by atoms with Crippen LogP contribution in [0.15, 0.2) is 85.1 Å². The van der Waals surface area contributed by atoms with E-state index in [0.29, 0.717) is 16.9 Å². The fourth-order valence-corrected chi connectivity index (χ4v) is 3.36. The summed E-state index contributed by atoms with van der Waals surface area (Å²) in [6.45, 7) is 2.01. The smallest absolute Gasteiger partial charge is 0.259 e. The maximum Gasteiger partial charge on any atom is 0.259 e. The van der Waals surface area contributed by atoms with Crippen molar-refractivity contribution in [2.24, 2.45) is 5.73 Å². The molecule has 0 aliphatic heterocycles. The first-order valence-corrected chi connectivity index (χ1v) is 9.90. The van der Waals surface area contributed by atoms with E-state index in [1.54, 1.807) is 35.1 Å². The van der Waals surface area contributed by atoms with Crippen molar-refractivity contribution in [3.63, 3.8) is 0 Å². The Morgan fingerprint density at radius 2 is 1.71 bits per heavy atom. The summed E-state index contributed by atoms with van der Waals surface area (Å²) in [6.07, 6.45) is 1.90. The molecule has 2 amide bonds. The van der Waals surface area contributed by atoms with Crippen LogP contribution in [0.2, 0.25) is 0 Å². The highest BCUT2D eigenvalue weighted by atomic mass is 16.2. The molecule has 31 heavy (non-hydrogen) atoms. The predicted octanol–water partition coefficient (Wildman–Crippen LogP) is 4.13. The van der Waals surface area contributed by atoms with E-state index in [1.807, 2.05) is 61.5 Å². The van der Waals surface area contributed by atoms with Crippen molar-refractivity contribution in [1.29, 1.82) is 0 Å². The zero-order chi connectivity index (χ0) is 21.8. The van der Waals surface area contributed by atoms with E-state index in [1.165, 1.54) is 0 Å². The number of carbonyl (C=O) groups is 2. The van der Waals surface area contributed by atoms with Crippen LogP contribution in [0.25, 0.3) is 16.9 Å². The lowest BCUT2D eigenvalue weighted by molar-refractivity contribution is -0.117. The molecule has 0 unspecified atom stereocenters. The molecule has 0 radical (unpaired) electrons. The van der Waals surface area contributed by atoms with Crippen LogP contribution in [0.1, 0.15) is 21.5 Å². The first-order chi connectivity index (χ1) is 15.0. The maximum atomic E-state index is 13.2. The van der Waals surface area contributed by atoms with Gasteiger partial charge >= 0.3 is 0 Å². The lowest BCUT2D eigenvalue weighted by atomic mass is 10.1. The molecule has 3 N–H and O–H groups in total. The Morgan fingerprint density at radius 3 is 2.39 bits per heavy atom. The fraction of sp³-hybridized carbons (Fsp3) is 0.0800. The van der Waals surface area contributed by atoms with Gasteiger partial charge in [0.1, 0.15) is 5.69 Å². The number of aryl methyl sites for hydroxylation is 1. The van der Waals surface area contributed by atoms with Gasteiger partial charge in [-0.05, 0) is 42.8 Å². The number of benzene rings is 3. The molecule has 0 saturated carbocycles. The van der Waals surface area contributed by atoms with Gasteiger partial charge in [-0.3, -0.25) is 9.59 Å². The number of anilines is 1. The molecule has 4 aromatic rings. The minimum atomic E-state index is -0.395. The van der Waals surface area contributed by atoms with Gasteiger partial charge in [-0.1, -0.05) is 54.1 Å². The van der Waals surface area contributed by atoms with Gasteiger partial charge in [0.15, 0.2) is 0 Å². The average Bonchev–Trinajstić information content (AvgIpc) is 3.21. The summed E-state index contributed by atoms with van der Waals surface area (Å²) < 4.78 is 1.71. The number of para-hydroxylation sites is 1. The van der Waals surface area contributed by atoms with E-state index < -0.39 is 5.91 Å². The predicted molar refractivity (Wildman–Crippen MR) is 121 cm³/mol. The summed E-state index contributed by atoms with van der Waals surface area (Å²) in [5.41, 5.74) is 10.6. The number of nitrogens with zero attached hydrogens (tertiary/aromatic N) is 2. The molecule has 6 heteroatoms. The van der Waals surface area contributed by atoms with E-state index in [2.05, 4.69) is 5.32 Å². The number of nitrogens with two attached hydrogens (primary N) is 1. The van der Waals surface area contributed by atoms with Crippen molar-refractivity contribution in [3.05, 3.63) is 102 Å². The molecule has 4 rings (SSSR count). The molecule has 0 spiro atoms. The quantitative estimate of drug-likeness (QED) is 0.501. The van der Waals surface area contributed by atoms with Gasteiger partial charge < -0.3 is 11.1 Å². The number of hydrogen-bond donors (Lipinski definition) is 2. The number of aromatic nitrogens is 2. The van der Waals surface area contributed by atoms with Crippen molar-refractivity contribution in [3.8, 4) is 16.9 Å². The topological polar surface area (TPSA) is 90.0 Å². The summed E-state index contributed by atoms with van der Waals surface area (Å²) in [6, 6.07) is 24.6. The van der Waals surface area contributed by atoms with Crippen molar-refractivity contribution >= 4 is 17.5 Å². The second-order valence-electron chi connectivity index (χ2n) is 7.34. The summed E-state index contributed by atoms with van der Waals surface area (Å²) in [7, 11) is 0. The molecule has 6 nitrogen and oxygen atoms in total. The second-order valence-corrected chi connectivity index (χ2v) is 7.34. The van der Waals surface area contributed by atoms with Crippen LogP contribution in [-0.2, 0) is 11.2 Å². The second kappa shape index (κ2) is 8.67. The zero-order valence-corrected chi connectivity index (χ0v) is 17.1. The SMILES string of the molecule is Cc1cccc(-c2nn(-c3ccccc3)cc2C(=O)Nc2ccc(CC(N)=O)cc2)c1. The number of nitrogens with one attached hydrogen (secondary N) is 1. The highest BCUT2D eigenvalue weighted by molar-refractivity contribution is 6.08. The summed E-state index contributed by atoms with van der Waals surface area (Å²) >= 11 is 0. The van der Waals surface area contributed by atoms with Gasteiger partial charge in [-0.15, -0.1) is 0 Å². The van der Waals surface area contributed by atoms with Gasteiger partial charge in [-0.2, -0.15) is 5.10 Å². The molecule has 0 aliphatic rings. The number of carbonyl (C=O) groups excluding carboxylic acids is 2. The highest BCUT2D eigenvalue weighted by Crippen LogP contribution is 2.25. The standard InChI is InChI=1S/C25H22N4O2/c1-17-6-5-7-19(14-17)24-22(16-29(28-24)21-8-3-2-4-9-21)25(31)27-20-12-10-18(11-13-20)15-23(26)30/h2-14,16H,15H2,1H3,(H2,26,30)(H,27,31). The van der Waals surface area contributed by atoms with Crippen LogP contribution in [0.5, 0.6) is 0 Å². The van der Waals surface area contributed by atoms with E-state index in [9.17, 15) is 9.59 Å². The van der Waals surface area contributed by atoms with Crippen LogP contribution in [0.3, 0.4) is 0 Å². The van der Waals surface area contributed by atoms with Gasteiger partial charge in [0.2, 0.25) is 5.91 Å². The van der Waals surface area contributed by atoms with Crippen molar-refractivity contribution in [2.75, 3.05) is 5.32 Å². The number of amides is 2. The normalized spacial score (nSPS) is 10.6. The van der Waals surface area contributed by atoms with E-state index >= 15 is 0 Å². The van der Waals surface area contributed by atoms with Crippen molar-refractivity contribution < 1.29 is 9.59 Å². The number of primary amides is 1. The average molecular weight is 410 g/mol. The molecule has 1 heterocycles. The zero-order valence-electron chi connectivity index (χ0n) is 17.1. The maximum absolute atomic E-state index is 13.2. The van der Waals surface area contributed by atoms with Crippen LogP contribution in [0, 0.1) is 6.92 Å². The third-order valence-electron chi connectivity index (χ3n) is 4.86. The molecular weight excluding hydrogens is 388 g/mol. The van der Waals surface area contributed by atoms with Gasteiger partial charge in [0.25, 0.3) is 5.91 Å². The molecule has 1 aromatic heterocycles. The molecule has 0 atom stereocenters. The third-order valence-corrected chi connectivity index (χ3v) is 4.86. The lowest BCUT2D eigenvalue weighted by Crippen LogP contribution is -2.14. The third kappa shape index (κ3) is 4.70. The Labute approximate surface area is 180 Å². The molecule has 0 bridgehead atoms. The highest BCUT2D eigenvalue weighted by Gasteiger charge is 2.19. The first-order valence-electron chi connectivity index (χ1n) is 9.90.